The molecule has 0 aliphatic carbocycles. The number of aromatic amines is 1. The Labute approximate surface area is 83.9 Å². The Morgan fingerprint density at radius 1 is 1.50 bits per heavy atom. The standard InChI is InChI=1S/C6H3Br2N3O/c7-3-1-9-5-4(8)6(12)10-11(5)2-3/h1-2H,(H,10,12). The van der Waals surface area contributed by atoms with E-state index in [1.165, 1.54) is 0 Å². The van der Waals surface area contributed by atoms with E-state index in [1.807, 2.05) is 0 Å². The van der Waals surface area contributed by atoms with Crippen molar-refractivity contribution < 1.29 is 0 Å². The van der Waals surface area contributed by atoms with Crippen LogP contribution >= 0.6 is 31.9 Å². The summed E-state index contributed by atoms with van der Waals surface area (Å²) in [5.41, 5.74) is 0.406. The van der Waals surface area contributed by atoms with Crippen molar-refractivity contribution in [3.05, 3.63) is 31.7 Å². The van der Waals surface area contributed by atoms with Gasteiger partial charge in [-0.15, -0.1) is 0 Å². The number of hydrogen-bond donors (Lipinski definition) is 1. The highest BCUT2D eigenvalue weighted by Gasteiger charge is 2.05. The Morgan fingerprint density at radius 2 is 2.25 bits per heavy atom. The number of H-pyrrole nitrogens is 1. The van der Waals surface area contributed by atoms with E-state index in [0.29, 0.717) is 10.1 Å². The molecule has 0 aliphatic rings. The molecule has 1 N–H and O–H groups in total. The molecule has 2 heterocycles. The quantitative estimate of drug-likeness (QED) is 0.801. The molecule has 2 aromatic rings. The van der Waals surface area contributed by atoms with Crippen LogP contribution in [-0.2, 0) is 0 Å². The first-order valence-electron chi connectivity index (χ1n) is 3.10. The third kappa shape index (κ3) is 1.11. The summed E-state index contributed by atoms with van der Waals surface area (Å²) in [4.78, 5) is 15.1. The van der Waals surface area contributed by atoms with E-state index < -0.39 is 0 Å². The van der Waals surface area contributed by atoms with E-state index in [4.69, 9.17) is 0 Å². The molecule has 0 spiro atoms. The smallest absolute Gasteiger partial charge is 0.267 e. The first kappa shape index (κ1) is 8.00. The topological polar surface area (TPSA) is 50.2 Å². The van der Waals surface area contributed by atoms with Crippen LogP contribution in [0.5, 0.6) is 0 Å². The lowest BCUT2D eigenvalue weighted by molar-refractivity contribution is 0.914. The molecule has 2 aromatic heterocycles. The zero-order chi connectivity index (χ0) is 8.72. The van der Waals surface area contributed by atoms with E-state index in [2.05, 4.69) is 41.9 Å². The van der Waals surface area contributed by atoms with Gasteiger partial charge in [-0.2, -0.15) is 0 Å². The number of aromatic nitrogens is 3. The maximum absolute atomic E-state index is 11.1. The maximum Gasteiger partial charge on any atom is 0.281 e. The van der Waals surface area contributed by atoms with Crippen LogP contribution in [-0.4, -0.2) is 14.6 Å². The summed E-state index contributed by atoms with van der Waals surface area (Å²) in [6.45, 7) is 0. The molecule has 0 unspecified atom stereocenters. The number of nitrogens with one attached hydrogen (secondary N) is 1. The second-order valence-electron chi connectivity index (χ2n) is 2.22. The SMILES string of the molecule is O=c1[nH]n2cc(Br)cnc2c1Br. The van der Waals surface area contributed by atoms with Crippen molar-refractivity contribution in [3.63, 3.8) is 0 Å². The monoisotopic (exact) mass is 291 g/mol. The lowest BCUT2D eigenvalue weighted by Crippen LogP contribution is -1.99. The summed E-state index contributed by atoms with van der Waals surface area (Å²) >= 11 is 6.38. The fraction of sp³-hybridized carbons (Fsp3) is 0. The number of fused-ring (bicyclic) bond motifs is 1. The minimum atomic E-state index is -0.180. The summed E-state index contributed by atoms with van der Waals surface area (Å²) in [7, 11) is 0. The van der Waals surface area contributed by atoms with Crippen LogP contribution < -0.4 is 5.56 Å². The third-order valence-corrected chi connectivity index (χ3v) is 2.53. The number of hydrogen-bond acceptors (Lipinski definition) is 2. The molecule has 0 atom stereocenters. The van der Waals surface area contributed by atoms with Crippen molar-refractivity contribution in [1.29, 1.82) is 0 Å². The predicted octanol–water partition coefficient (Wildman–Crippen LogP) is 1.55. The van der Waals surface area contributed by atoms with Crippen LogP contribution in [0.2, 0.25) is 0 Å². The summed E-state index contributed by atoms with van der Waals surface area (Å²) < 4.78 is 2.82. The summed E-state index contributed by atoms with van der Waals surface area (Å²) in [5, 5.41) is 2.59. The molecule has 0 aromatic carbocycles. The van der Waals surface area contributed by atoms with Gasteiger partial charge in [0, 0.05) is 12.4 Å². The second kappa shape index (κ2) is 2.70. The summed E-state index contributed by atoms with van der Waals surface area (Å²) in [5.74, 6) is 0. The van der Waals surface area contributed by atoms with Crippen LogP contribution in [0.4, 0.5) is 0 Å². The van der Waals surface area contributed by atoms with E-state index in [0.717, 1.165) is 4.47 Å². The Bertz CT molecular complexity index is 487. The van der Waals surface area contributed by atoms with Crippen molar-refractivity contribution in [2.24, 2.45) is 0 Å². The lowest BCUT2D eigenvalue weighted by atomic mass is 10.6. The molecule has 0 bridgehead atoms. The average molecular weight is 293 g/mol. The minimum Gasteiger partial charge on any atom is -0.267 e. The molecular formula is C6H3Br2N3O. The highest BCUT2D eigenvalue weighted by atomic mass is 79.9. The van der Waals surface area contributed by atoms with Gasteiger partial charge in [0.1, 0.15) is 4.47 Å². The van der Waals surface area contributed by atoms with Gasteiger partial charge in [0.15, 0.2) is 5.65 Å². The highest BCUT2D eigenvalue weighted by Crippen LogP contribution is 2.13. The van der Waals surface area contributed by atoms with Crippen LogP contribution in [0.25, 0.3) is 5.65 Å². The Hall–Kier alpha value is -0.620. The van der Waals surface area contributed by atoms with Crippen molar-refractivity contribution >= 4 is 37.5 Å². The zero-order valence-corrected chi connectivity index (χ0v) is 8.89. The van der Waals surface area contributed by atoms with Gasteiger partial charge in [0.2, 0.25) is 0 Å². The van der Waals surface area contributed by atoms with Gasteiger partial charge in [0.05, 0.1) is 4.47 Å². The summed E-state index contributed by atoms with van der Waals surface area (Å²) in [6, 6.07) is 0. The van der Waals surface area contributed by atoms with Gasteiger partial charge in [-0.25, -0.2) is 9.50 Å². The van der Waals surface area contributed by atoms with Gasteiger partial charge in [-0.1, -0.05) is 0 Å². The van der Waals surface area contributed by atoms with Crippen molar-refractivity contribution in [2.75, 3.05) is 0 Å². The van der Waals surface area contributed by atoms with E-state index in [1.54, 1.807) is 16.9 Å². The molecule has 0 radical (unpaired) electrons. The van der Waals surface area contributed by atoms with Crippen molar-refractivity contribution in [3.8, 4) is 0 Å². The first-order valence-corrected chi connectivity index (χ1v) is 4.68. The molecule has 12 heavy (non-hydrogen) atoms. The number of nitrogens with zero attached hydrogens (tertiary/aromatic N) is 2. The van der Waals surface area contributed by atoms with Gasteiger partial charge in [0.25, 0.3) is 5.56 Å². The maximum atomic E-state index is 11.1. The van der Waals surface area contributed by atoms with Gasteiger partial charge in [-0.05, 0) is 31.9 Å². The highest BCUT2D eigenvalue weighted by molar-refractivity contribution is 9.11. The van der Waals surface area contributed by atoms with E-state index >= 15 is 0 Å². The van der Waals surface area contributed by atoms with E-state index in [9.17, 15) is 4.79 Å². The predicted molar refractivity (Wildman–Crippen MR) is 51.2 cm³/mol. The Balaban J connectivity index is 2.96. The Morgan fingerprint density at radius 3 is 3.00 bits per heavy atom. The van der Waals surface area contributed by atoms with Gasteiger partial charge < -0.3 is 0 Å². The van der Waals surface area contributed by atoms with Crippen LogP contribution in [0.15, 0.2) is 26.1 Å². The molecule has 6 heteroatoms. The fourth-order valence-corrected chi connectivity index (χ4v) is 1.60. The molecule has 0 amide bonds. The molecule has 0 aliphatic heterocycles. The number of rotatable bonds is 0. The normalized spacial score (nSPS) is 10.8. The average Bonchev–Trinajstić information content (AvgIpc) is 2.28. The minimum absolute atomic E-state index is 0.180. The fourth-order valence-electron chi connectivity index (χ4n) is 0.910. The van der Waals surface area contributed by atoms with Crippen LogP contribution in [0, 0.1) is 0 Å². The second-order valence-corrected chi connectivity index (χ2v) is 3.93. The van der Waals surface area contributed by atoms with Crippen LogP contribution in [0.3, 0.4) is 0 Å². The van der Waals surface area contributed by atoms with E-state index in [-0.39, 0.29) is 5.56 Å². The zero-order valence-electron chi connectivity index (χ0n) is 5.71. The number of halogens is 2. The first-order chi connectivity index (χ1) is 5.68. The molecule has 0 saturated carbocycles. The third-order valence-electron chi connectivity index (χ3n) is 1.41. The van der Waals surface area contributed by atoms with Crippen molar-refractivity contribution in [1.82, 2.24) is 14.6 Å². The lowest BCUT2D eigenvalue weighted by Gasteiger charge is -1.92. The van der Waals surface area contributed by atoms with Crippen LogP contribution in [0.1, 0.15) is 0 Å². The van der Waals surface area contributed by atoms with Crippen molar-refractivity contribution in [2.45, 2.75) is 0 Å². The molecular weight excluding hydrogens is 290 g/mol. The largest absolute Gasteiger partial charge is 0.281 e. The molecule has 0 fully saturated rings. The molecule has 0 saturated heterocycles. The molecule has 62 valence electrons. The molecule has 4 nitrogen and oxygen atoms in total. The summed E-state index contributed by atoms with van der Waals surface area (Å²) in [6.07, 6.45) is 3.36. The molecule has 2 rings (SSSR count). The Kier molecular flexibility index (Phi) is 1.80. The van der Waals surface area contributed by atoms with Gasteiger partial charge >= 0.3 is 0 Å². The van der Waals surface area contributed by atoms with Gasteiger partial charge in [-0.3, -0.25) is 9.89 Å².